The summed E-state index contributed by atoms with van der Waals surface area (Å²) in [5.41, 5.74) is 2.01. The summed E-state index contributed by atoms with van der Waals surface area (Å²) in [5.74, 6) is 1.48. The van der Waals surface area contributed by atoms with Crippen LogP contribution in [-0.4, -0.2) is 25.7 Å². The lowest BCUT2D eigenvalue weighted by molar-refractivity contribution is -0.121. The summed E-state index contributed by atoms with van der Waals surface area (Å²) in [6.45, 7) is 3.31. The molecule has 0 aromatic heterocycles. The number of anilines is 1. The Morgan fingerprint density at radius 1 is 1.21 bits per heavy atom. The second kappa shape index (κ2) is 7.58. The lowest BCUT2D eigenvalue weighted by Gasteiger charge is -2.29. The standard InChI is InChI=1S/C19H20ClNO3/c1-2-14-4-7-16(8-5-14)23-11-3-10-21-17-12-15(20)6-9-18(17)24-13-19(21)22/h4-9,12H,2-3,10-11,13H2,1H3. The van der Waals surface area contributed by atoms with Crippen LogP contribution < -0.4 is 14.4 Å². The second-order valence-corrected chi connectivity index (χ2v) is 6.08. The van der Waals surface area contributed by atoms with Gasteiger partial charge in [0.25, 0.3) is 5.91 Å². The van der Waals surface area contributed by atoms with Crippen molar-refractivity contribution >= 4 is 23.2 Å². The van der Waals surface area contributed by atoms with Gasteiger partial charge in [0.1, 0.15) is 11.5 Å². The molecule has 4 nitrogen and oxygen atoms in total. The fourth-order valence-electron chi connectivity index (χ4n) is 2.65. The van der Waals surface area contributed by atoms with Crippen LogP contribution in [-0.2, 0) is 11.2 Å². The minimum absolute atomic E-state index is 0.0583. The molecule has 0 atom stereocenters. The van der Waals surface area contributed by atoms with E-state index in [1.54, 1.807) is 23.1 Å². The first-order valence-electron chi connectivity index (χ1n) is 8.12. The van der Waals surface area contributed by atoms with Crippen LogP contribution in [0.3, 0.4) is 0 Å². The molecule has 24 heavy (non-hydrogen) atoms. The zero-order valence-corrected chi connectivity index (χ0v) is 14.4. The number of halogens is 1. The van der Waals surface area contributed by atoms with Gasteiger partial charge in [0.2, 0.25) is 0 Å². The molecule has 0 unspecified atom stereocenters. The molecule has 5 heteroatoms. The van der Waals surface area contributed by atoms with E-state index in [1.165, 1.54) is 5.56 Å². The number of benzene rings is 2. The van der Waals surface area contributed by atoms with Crippen LogP contribution in [0.5, 0.6) is 11.5 Å². The number of carbonyl (C=O) groups excluding carboxylic acids is 1. The van der Waals surface area contributed by atoms with E-state index in [-0.39, 0.29) is 12.5 Å². The smallest absolute Gasteiger partial charge is 0.265 e. The predicted octanol–water partition coefficient (Wildman–Crippen LogP) is 4.10. The number of aryl methyl sites for hydroxylation is 1. The fraction of sp³-hybridized carbons (Fsp3) is 0.316. The highest BCUT2D eigenvalue weighted by Crippen LogP contribution is 2.34. The van der Waals surface area contributed by atoms with Gasteiger partial charge in [0.05, 0.1) is 12.3 Å². The summed E-state index contributed by atoms with van der Waals surface area (Å²) in [4.78, 5) is 13.8. The normalized spacial score (nSPS) is 13.4. The number of hydrogen-bond acceptors (Lipinski definition) is 3. The minimum atomic E-state index is -0.0583. The SMILES string of the molecule is CCc1ccc(OCCCN2C(=O)COc3ccc(Cl)cc32)cc1. The average molecular weight is 346 g/mol. The first kappa shape index (κ1) is 16.7. The van der Waals surface area contributed by atoms with Crippen molar-refractivity contribution in [2.45, 2.75) is 19.8 Å². The molecule has 0 bridgehead atoms. The predicted molar refractivity (Wildman–Crippen MR) is 95.2 cm³/mol. The van der Waals surface area contributed by atoms with Gasteiger partial charge in [-0.25, -0.2) is 0 Å². The first-order valence-corrected chi connectivity index (χ1v) is 8.49. The molecule has 2 aromatic rings. The van der Waals surface area contributed by atoms with Crippen molar-refractivity contribution in [2.75, 3.05) is 24.7 Å². The Balaban J connectivity index is 1.56. The minimum Gasteiger partial charge on any atom is -0.494 e. The Bertz CT molecular complexity index is 715. The van der Waals surface area contributed by atoms with E-state index in [0.29, 0.717) is 23.9 Å². The molecule has 126 valence electrons. The lowest BCUT2D eigenvalue weighted by Crippen LogP contribution is -2.39. The second-order valence-electron chi connectivity index (χ2n) is 5.65. The van der Waals surface area contributed by atoms with Gasteiger partial charge < -0.3 is 14.4 Å². The van der Waals surface area contributed by atoms with Crippen molar-refractivity contribution in [1.82, 2.24) is 0 Å². The third-order valence-electron chi connectivity index (χ3n) is 3.99. The maximum absolute atomic E-state index is 12.1. The highest BCUT2D eigenvalue weighted by molar-refractivity contribution is 6.31. The Hall–Kier alpha value is -2.20. The van der Waals surface area contributed by atoms with Crippen LogP contribution in [0.4, 0.5) is 5.69 Å². The molecular formula is C19H20ClNO3. The van der Waals surface area contributed by atoms with Crippen LogP contribution in [0.1, 0.15) is 18.9 Å². The number of amides is 1. The first-order chi connectivity index (χ1) is 11.7. The van der Waals surface area contributed by atoms with Crippen LogP contribution in [0.25, 0.3) is 0 Å². The average Bonchev–Trinajstić information content (AvgIpc) is 2.60. The monoisotopic (exact) mass is 345 g/mol. The molecule has 0 saturated carbocycles. The summed E-state index contributed by atoms with van der Waals surface area (Å²) in [6.07, 6.45) is 1.74. The van der Waals surface area contributed by atoms with Crippen LogP contribution in [0, 0.1) is 0 Å². The van der Waals surface area contributed by atoms with Gasteiger partial charge >= 0.3 is 0 Å². The number of ether oxygens (including phenoxy) is 2. The molecule has 0 saturated heterocycles. The topological polar surface area (TPSA) is 38.8 Å². The van der Waals surface area contributed by atoms with Crippen molar-refractivity contribution in [3.8, 4) is 11.5 Å². The van der Waals surface area contributed by atoms with E-state index in [9.17, 15) is 4.79 Å². The summed E-state index contributed by atoms with van der Waals surface area (Å²) in [7, 11) is 0. The summed E-state index contributed by atoms with van der Waals surface area (Å²) in [6, 6.07) is 13.4. The molecule has 1 aliphatic heterocycles. The van der Waals surface area contributed by atoms with E-state index in [1.807, 2.05) is 12.1 Å². The molecular weight excluding hydrogens is 326 g/mol. The largest absolute Gasteiger partial charge is 0.494 e. The summed E-state index contributed by atoms with van der Waals surface area (Å²) >= 11 is 6.04. The Kier molecular flexibility index (Phi) is 5.26. The number of hydrogen-bond donors (Lipinski definition) is 0. The quantitative estimate of drug-likeness (QED) is 0.740. The molecule has 0 radical (unpaired) electrons. The molecule has 3 rings (SSSR count). The molecule has 2 aromatic carbocycles. The van der Waals surface area contributed by atoms with Crippen LogP contribution in [0.15, 0.2) is 42.5 Å². The highest BCUT2D eigenvalue weighted by Gasteiger charge is 2.25. The number of fused-ring (bicyclic) bond motifs is 1. The number of rotatable bonds is 6. The van der Waals surface area contributed by atoms with Crippen molar-refractivity contribution < 1.29 is 14.3 Å². The van der Waals surface area contributed by atoms with E-state index in [4.69, 9.17) is 21.1 Å². The third kappa shape index (κ3) is 3.82. The van der Waals surface area contributed by atoms with Crippen molar-refractivity contribution in [3.63, 3.8) is 0 Å². The summed E-state index contributed by atoms with van der Waals surface area (Å²) in [5, 5.41) is 0.587. The van der Waals surface area contributed by atoms with Gasteiger partial charge in [0.15, 0.2) is 6.61 Å². The molecule has 1 heterocycles. The zero-order valence-electron chi connectivity index (χ0n) is 13.6. The summed E-state index contributed by atoms with van der Waals surface area (Å²) < 4.78 is 11.2. The molecule has 0 aliphatic carbocycles. The van der Waals surface area contributed by atoms with Crippen molar-refractivity contribution in [1.29, 1.82) is 0 Å². The van der Waals surface area contributed by atoms with Crippen LogP contribution >= 0.6 is 11.6 Å². The van der Waals surface area contributed by atoms with Gasteiger partial charge in [-0.1, -0.05) is 30.7 Å². The van der Waals surface area contributed by atoms with Crippen molar-refractivity contribution in [2.24, 2.45) is 0 Å². The molecule has 0 spiro atoms. The van der Waals surface area contributed by atoms with E-state index >= 15 is 0 Å². The van der Waals surface area contributed by atoms with Crippen molar-refractivity contribution in [3.05, 3.63) is 53.1 Å². The van der Waals surface area contributed by atoms with Gasteiger partial charge in [-0.15, -0.1) is 0 Å². The highest BCUT2D eigenvalue weighted by atomic mass is 35.5. The number of carbonyl (C=O) groups is 1. The zero-order chi connectivity index (χ0) is 16.9. The Morgan fingerprint density at radius 2 is 2.00 bits per heavy atom. The van der Waals surface area contributed by atoms with E-state index in [2.05, 4.69) is 19.1 Å². The third-order valence-corrected chi connectivity index (χ3v) is 4.23. The maximum Gasteiger partial charge on any atom is 0.265 e. The van der Waals surface area contributed by atoms with Gasteiger partial charge in [0, 0.05) is 11.6 Å². The van der Waals surface area contributed by atoms with Gasteiger partial charge in [-0.05, 0) is 48.7 Å². The lowest BCUT2D eigenvalue weighted by atomic mass is 10.2. The van der Waals surface area contributed by atoms with Gasteiger partial charge in [-0.3, -0.25) is 4.79 Å². The van der Waals surface area contributed by atoms with E-state index < -0.39 is 0 Å². The van der Waals surface area contributed by atoms with Gasteiger partial charge in [-0.2, -0.15) is 0 Å². The fourth-order valence-corrected chi connectivity index (χ4v) is 2.82. The molecule has 0 fully saturated rings. The molecule has 1 aliphatic rings. The molecule has 0 N–H and O–H groups in total. The van der Waals surface area contributed by atoms with E-state index in [0.717, 1.165) is 24.3 Å². The maximum atomic E-state index is 12.1. The Morgan fingerprint density at radius 3 is 2.75 bits per heavy atom. The number of nitrogens with zero attached hydrogens (tertiary/aromatic N) is 1. The van der Waals surface area contributed by atoms with Crippen LogP contribution in [0.2, 0.25) is 5.02 Å². The Labute approximate surface area is 146 Å². The molecule has 1 amide bonds.